The molecule has 8 aliphatic carbocycles. The molecular weight excluding hydrogens is 837 g/mol. The average molecular weight is 911 g/mol. The fourth-order valence-corrected chi connectivity index (χ4v) is 19.0. The van der Waals surface area contributed by atoms with Crippen molar-refractivity contribution >= 4 is 5.78 Å². The van der Waals surface area contributed by atoms with E-state index in [9.17, 15) is 30.3 Å². The van der Waals surface area contributed by atoms with Crippen LogP contribution in [0.15, 0.2) is 23.3 Å². The van der Waals surface area contributed by atoms with Crippen LogP contribution in [0.25, 0.3) is 0 Å². The van der Waals surface area contributed by atoms with E-state index in [0.29, 0.717) is 44.4 Å². The second kappa shape index (κ2) is 13.0. The minimum atomic E-state index is -1.33. The number of hydrogen-bond acceptors (Lipinski definition) is 12. The smallest absolute Gasteiger partial charge is 0.198 e. The van der Waals surface area contributed by atoms with Crippen LogP contribution in [-0.2, 0) is 49.4 Å². The van der Waals surface area contributed by atoms with Crippen LogP contribution in [-0.4, -0.2) is 107 Å². The first-order valence-corrected chi connectivity index (χ1v) is 25.9. The Morgan fingerprint density at radius 1 is 0.758 bits per heavy atom. The van der Waals surface area contributed by atoms with Crippen molar-refractivity contribution in [1.82, 2.24) is 9.97 Å². The van der Waals surface area contributed by atoms with Crippen LogP contribution in [0.3, 0.4) is 0 Å². The number of aliphatic hydroxyl groups excluding tert-OH is 2. The number of aromatic nitrogens is 2. The monoisotopic (exact) mass is 911 g/mol. The summed E-state index contributed by atoms with van der Waals surface area (Å²) >= 11 is 0. The molecule has 12 aliphatic rings. The molecule has 0 aromatic carbocycles. The summed E-state index contributed by atoms with van der Waals surface area (Å²) in [5.74, 6) is -1.93. The molecule has 13 rings (SSSR count). The number of allylic oxidation sites excluding steroid dienone is 1. The van der Waals surface area contributed by atoms with Gasteiger partial charge in [0.15, 0.2) is 11.6 Å². The van der Waals surface area contributed by atoms with E-state index < -0.39 is 74.5 Å². The van der Waals surface area contributed by atoms with Crippen LogP contribution < -0.4 is 0 Å². The van der Waals surface area contributed by atoms with Gasteiger partial charge in [-0.3, -0.25) is 14.8 Å². The summed E-state index contributed by atoms with van der Waals surface area (Å²) in [5, 5.41) is 60.7. The van der Waals surface area contributed by atoms with Crippen molar-refractivity contribution < 1.29 is 49.3 Å². The van der Waals surface area contributed by atoms with Crippen LogP contribution in [0.2, 0.25) is 0 Å². The lowest BCUT2D eigenvalue weighted by Crippen LogP contribution is -2.70. The maximum atomic E-state index is 15.0. The van der Waals surface area contributed by atoms with Crippen molar-refractivity contribution in [2.24, 2.45) is 69.0 Å². The Balaban J connectivity index is 0.769. The molecule has 20 atom stereocenters. The average Bonchev–Trinajstić information content (AvgIpc) is 3.90. The first kappa shape index (κ1) is 43.9. The van der Waals surface area contributed by atoms with Crippen LogP contribution in [0.4, 0.5) is 0 Å². The second-order valence-electron chi connectivity index (χ2n) is 26.1. The van der Waals surface area contributed by atoms with Crippen molar-refractivity contribution in [3.63, 3.8) is 0 Å². The summed E-state index contributed by atoms with van der Waals surface area (Å²) < 4.78 is 26.2. The SMILES string of the molecule is C[C@@H]1[C@H]2CC=C3[C@@H]4CC[C@H]5Cc6nc7c(nc6C[C@]5(C)[C@@]4(O)CC(=O)[C@@]32CO[C@]12OC(C)(C)C[C@H]2O)C[C@@H]1CC[C@H]2C3=C[C@@H]4O[C@@]5(CC[C@](C)(O)CO5)[C@@H](C)[C@]4(O)[C@@]3(C)[C@H](O)C[C@@H]2[C@@]1(C)C7. The van der Waals surface area contributed by atoms with Gasteiger partial charge >= 0.3 is 0 Å². The lowest BCUT2D eigenvalue weighted by atomic mass is 9.42. The van der Waals surface area contributed by atoms with E-state index in [0.717, 1.165) is 78.9 Å². The summed E-state index contributed by atoms with van der Waals surface area (Å²) in [6, 6.07) is 0. The zero-order chi connectivity index (χ0) is 46.4. The molecule has 1 aromatic rings. The predicted octanol–water partition coefficient (Wildman–Crippen LogP) is 5.65. The molecule has 0 radical (unpaired) electrons. The molecule has 66 heavy (non-hydrogen) atoms. The van der Waals surface area contributed by atoms with Crippen molar-refractivity contribution in [3.8, 4) is 0 Å². The number of fused-ring (bicyclic) bond motifs is 13. The summed E-state index contributed by atoms with van der Waals surface area (Å²) in [5.41, 5.74) is 0.00585. The van der Waals surface area contributed by atoms with Gasteiger partial charge in [-0.2, -0.15) is 0 Å². The first-order chi connectivity index (χ1) is 30.9. The molecule has 8 fully saturated rings. The molecule has 4 saturated carbocycles. The van der Waals surface area contributed by atoms with Crippen molar-refractivity contribution in [3.05, 3.63) is 46.1 Å². The van der Waals surface area contributed by atoms with Crippen molar-refractivity contribution in [2.45, 2.75) is 198 Å². The number of ketones is 1. The number of rotatable bonds is 0. The van der Waals surface area contributed by atoms with E-state index in [1.165, 1.54) is 0 Å². The second-order valence-corrected chi connectivity index (χ2v) is 26.1. The predicted molar refractivity (Wildman–Crippen MR) is 240 cm³/mol. The van der Waals surface area contributed by atoms with Gasteiger partial charge in [-0.05, 0) is 126 Å². The lowest BCUT2D eigenvalue weighted by molar-refractivity contribution is -0.337. The fraction of sp³-hybridized carbons (Fsp3) is 0.833. The van der Waals surface area contributed by atoms with Gasteiger partial charge in [0, 0.05) is 47.8 Å². The molecule has 1 aromatic heterocycles. The number of Topliss-reactive ketones (excluding diaryl/α,β-unsaturated/α-hetero) is 1. The van der Waals surface area contributed by atoms with Gasteiger partial charge in [-0.1, -0.05) is 57.9 Å². The molecule has 4 aliphatic heterocycles. The summed E-state index contributed by atoms with van der Waals surface area (Å²) in [6.07, 6.45) is 11.9. The highest BCUT2D eigenvalue weighted by molar-refractivity contribution is 5.92. The Hall–Kier alpha value is -2.13. The van der Waals surface area contributed by atoms with E-state index >= 15 is 0 Å². The van der Waals surface area contributed by atoms with Gasteiger partial charge in [0.2, 0.25) is 0 Å². The van der Waals surface area contributed by atoms with Gasteiger partial charge < -0.3 is 44.5 Å². The first-order valence-electron chi connectivity index (χ1n) is 25.9. The summed E-state index contributed by atoms with van der Waals surface area (Å²) in [7, 11) is 0. The Kier molecular flexibility index (Phi) is 8.66. The number of hydrogen-bond donors (Lipinski definition) is 5. The fourth-order valence-electron chi connectivity index (χ4n) is 19.0. The maximum Gasteiger partial charge on any atom is 0.198 e. The van der Waals surface area contributed by atoms with E-state index in [-0.39, 0.29) is 66.3 Å². The molecule has 0 bridgehead atoms. The number of ether oxygens (including phenoxy) is 4. The molecule has 360 valence electrons. The Morgan fingerprint density at radius 3 is 2.17 bits per heavy atom. The summed E-state index contributed by atoms with van der Waals surface area (Å²) in [4.78, 5) is 26.0. The molecule has 5 N–H and O–H groups in total. The normalized spacial score (nSPS) is 57.0. The molecule has 0 unspecified atom stereocenters. The molecule has 3 spiro atoms. The van der Waals surface area contributed by atoms with Crippen LogP contribution in [0.5, 0.6) is 0 Å². The molecule has 12 heteroatoms. The van der Waals surface area contributed by atoms with Gasteiger partial charge in [-0.25, -0.2) is 0 Å². The van der Waals surface area contributed by atoms with E-state index in [2.05, 4.69) is 39.8 Å². The minimum Gasteiger partial charge on any atom is -0.392 e. The zero-order valence-corrected chi connectivity index (χ0v) is 40.5. The third-order valence-corrected chi connectivity index (χ3v) is 22.9. The van der Waals surface area contributed by atoms with Crippen LogP contribution in [0, 0.1) is 69.0 Å². The molecular formula is C54H74N2O10. The molecule has 12 nitrogen and oxygen atoms in total. The van der Waals surface area contributed by atoms with Gasteiger partial charge in [0.25, 0.3) is 0 Å². The van der Waals surface area contributed by atoms with Crippen molar-refractivity contribution in [2.75, 3.05) is 13.2 Å². The molecule has 4 saturated heterocycles. The Labute approximate surface area is 389 Å². The minimum absolute atomic E-state index is 0.0537. The van der Waals surface area contributed by atoms with Crippen LogP contribution >= 0.6 is 0 Å². The molecule has 0 amide bonds. The van der Waals surface area contributed by atoms with Gasteiger partial charge in [0.1, 0.15) is 23.6 Å². The Bertz CT molecular complexity index is 2390. The summed E-state index contributed by atoms with van der Waals surface area (Å²) in [6.45, 7) is 16.9. The van der Waals surface area contributed by atoms with E-state index in [1.807, 2.05) is 20.8 Å². The van der Waals surface area contributed by atoms with E-state index in [1.54, 1.807) is 6.92 Å². The van der Waals surface area contributed by atoms with Crippen LogP contribution in [0.1, 0.15) is 142 Å². The van der Waals surface area contributed by atoms with E-state index in [4.69, 9.17) is 28.9 Å². The zero-order valence-electron chi connectivity index (χ0n) is 40.5. The van der Waals surface area contributed by atoms with Gasteiger partial charge in [-0.15, -0.1) is 0 Å². The highest BCUT2D eigenvalue weighted by Crippen LogP contribution is 2.72. The largest absolute Gasteiger partial charge is 0.392 e. The maximum absolute atomic E-state index is 15.0. The third-order valence-electron chi connectivity index (χ3n) is 22.9. The molecule has 5 heterocycles. The Morgan fingerprint density at radius 2 is 1.47 bits per heavy atom. The third kappa shape index (κ3) is 4.97. The topological polar surface area (TPSA) is 181 Å². The number of carbonyl (C=O) groups excluding carboxylic acids is 1. The number of nitrogens with zero attached hydrogens (tertiary/aromatic N) is 2. The lowest BCUT2D eigenvalue weighted by Gasteiger charge is -2.64. The number of aliphatic hydroxyl groups is 5. The highest BCUT2D eigenvalue weighted by atomic mass is 16.7. The quantitative estimate of drug-likeness (QED) is 0.202. The van der Waals surface area contributed by atoms with Gasteiger partial charge in [0.05, 0.1) is 64.3 Å². The standard InChI is InChI=1S/C54H74N2O10/c1-27-32-13-14-33-34-12-10-30-18-38-40(22-48(30,7)51(34,61)24-42(58)50(32,33)26-64-54(27)43(59)23-45(3,4)66-54)56-37-17-29-9-11-31-35(47(29,6)21-39(37)55-38)19-41(57)49(8)36(31)20-44-53(49,62)28(2)52(65-44)16-15-46(5,60)25-63-52/h14,20,27-32,34-35,41,43-44,57,59-62H,9-13,15-19,21-26H2,1-8H3/t27-,28-,29+,30+,31-,32-,34+,35+,41-,43-,44+,46+,47+,48+,49-,50-,51-,52+,53-,54+/m1/s1. The van der Waals surface area contributed by atoms with Crippen molar-refractivity contribution in [1.29, 1.82) is 0 Å². The highest BCUT2D eigenvalue weighted by Gasteiger charge is 2.77. The number of carbonyl (C=O) groups is 1.